The Hall–Kier alpha value is -2.09. The van der Waals surface area contributed by atoms with Crippen LogP contribution in [-0.2, 0) is 21.2 Å². The summed E-state index contributed by atoms with van der Waals surface area (Å²) in [5.74, 6) is 0.0320. The average Bonchev–Trinajstić information content (AvgIpc) is 3.28. The number of hydrogen-bond acceptors (Lipinski definition) is 4. The number of amides is 1. The highest BCUT2D eigenvalue weighted by Gasteiger charge is 2.27. The summed E-state index contributed by atoms with van der Waals surface area (Å²) >= 11 is 6.21. The van der Waals surface area contributed by atoms with Gasteiger partial charge in [0.25, 0.3) is 5.91 Å². The molecule has 0 aliphatic carbocycles. The zero-order chi connectivity index (χ0) is 21.6. The van der Waals surface area contributed by atoms with Crippen molar-refractivity contribution >= 4 is 27.5 Å². The summed E-state index contributed by atoms with van der Waals surface area (Å²) < 4.78 is 32.2. The summed E-state index contributed by atoms with van der Waals surface area (Å²) in [5, 5.41) is 3.07. The smallest absolute Gasteiger partial charge is 0.258 e. The fourth-order valence-electron chi connectivity index (χ4n) is 3.40. The van der Waals surface area contributed by atoms with E-state index < -0.39 is 10.0 Å². The average molecular weight is 451 g/mol. The fourth-order valence-corrected chi connectivity index (χ4v) is 5.24. The van der Waals surface area contributed by atoms with Crippen LogP contribution in [-0.4, -0.2) is 44.4 Å². The molecular weight excluding hydrogens is 424 g/mol. The summed E-state index contributed by atoms with van der Waals surface area (Å²) in [4.78, 5) is 12.3. The number of carbonyl (C=O) groups excluding carboxylic acids is 1. The van der Waals surface area contributed by atoms with Crippen molar-refractivity contribution in [3.63, 3.8) is 0 Å². The van der Waals surface area contributed by atoms with Gasteiger partial charge in [-0.25, -0.2) is 8.42 Å². The summed E-state index contributed by atoms with van der Waals surface area (Å²) in [6.07, 6.45) is 3.43. The van der Waals surface area contributed by atoms with Crippen LogP contribution in [0.15, 0.2) is 53.4 Å². The molecule has 0 unspecified atom stereocenters. The maximum Gasteiger partial charge on any atom is 0.258 e. The second-order valence-electron chi connectivity index (χ2n) is 7.48. The fraction of sp³-hybridized carbons (Fsp3) is 0.409. The van der Waals surface area contributed by atoms with E-state index in [0.717, 1.165) is 25.7 Å². The van der Waals surface area contributed by atoms with Crippen LogP contribution in [0.2, 0.25) is 5.02 Å². The quantitative estimate of drug-likeness (QED) is 0.632. The van der Waals surface area contributed by atoms with Crippen LogP contribution in [0.4, 0.5) is 0 Å². The third kappa shape index (κ3) is 5.97. The molecule has 1 aliphatic rings. The van der Waals surface area contributed by atoms with Crippen LogP contribution >= 0.6 is 11.6 Å². The molecule has 2 aromatic rings. The lowest BCUT2D eigenvalue weighted by Gasteiger charge is -2.17. The molecule has 0 saturated carbocycles. The van der Waals surface area contributed by atoms with Crippen LogP contribution in [0.1, 0.15) is 31.7 Å². The SMILES string of the molecule is C[C@@H](CCc1ccccc1)NC(=O)COc1ccc(S(=O)(=O)N2CCCC2)cc1Cl. The largest absolute Gasteiger partial charge is 0.482 e. The van der Waals surface area contributed by atoms with E-state index in [1.165, 1.54) is 28.1 Å². The minimum atomic E-state index is -3.54. The Labute approximate surface area is 183 Å². The van der Waals surface area contributed by atoms with Gasteiger partial charge in [-0.2, -0.15) is 4.31 Å². The lowest BCUT2D eigenvalue weighted by molar-refractivity contribution is -0.123. The molecule has 30 heavy (non-hydrogen) atoms. The highest BCUT2D eigenvalue weighted by molar-refractivity contribution is 7.89. The molecule has 0 spiro atoms. The number of rotatable bonds is 9. The van der Waals surface area contributed by atoms with E-state index in [1.54, 1.807) is 0 Å². The van der Waals surface area contributed by atoms with Gasteiger partial charge in [0.15, 0.2) is 6.61 Å². The van der Waals surface area contributed by atoms with E-state index in [1.807, 2.05) is 25.1 Å². The molecule has 1 N–H and O–H groups in total. The number of benzene rings is 2. The second-order valence-corrected chi connectivity index (χ2v) is 9.83. The zero-order valence-electron chi connectivity index (χ0n) is 17.0. The van der Waals surface area contributed by atoms with Crippen LogP contribution in [0.25, 0.3) is 0 Å². The van der Waals surface area contributed by atoms with Gasteiger partial charge < -0.3 is 10.1 Å². The third-order valence-electron chi connectivity index (χ3n) is 5.08. The molecule has 1 heterocycles. The first-order valence-corrected chi connectivity index (χ1v) is 11.9. The predicted molar refractivity (Wildman–Crippen MR) is 117 cm³/mol. The molecular formula is C22H27ClN2O4S. The Morgan fingerprint density at radius 2 is 1.87 bits per heavy atom. The highest BCUT2D eigenvalue weighted by Crippen LogP contribution is 2.29. The first-order valence-electron chi connectivity index (χ1n) is 10.1. The number of carbonyl (C=O) groups is 1. The molecule has 8 heteroatoms. The number of nitrogens with one attached hydrogen (secondary N) is 1. The van der Waals surface area contributed by atoms with Crippen molar-refractivity contribution in [1.82, 2.24) is 9.62 Å². The molecule has 0 aromatic heterocycles. The maximum absolute atomic E-state index is 12.6. The van der Waals surface area contributed by atoms with Crippen molar-refractivity contribution in [2.45, 2.75) is 43.5 Å². The molecule has 0 radical (unpaired) electrons. The predicted octanol–water partition coefficient (Wildman–Crippen LogP) is 3.64. The van der Waals surface area contributed by atoms with E-state index in [0.29, 0.717) is 13.1 Å². The Bertz CT molecular complexity index is 960. The van der Waals surface area contributed by atoms with Gasteiger partial charge in [0.1, 0.15) is 5.75 Å². The van der Waals surface area contributed by atoms with Gasteiger partial charge in [-0.3, -0.25) is 4.79 Å². The van der Waals surface area contributed by atoms with Gasteiger partial charge in [0.2, 0.25) is 10.0 Å². The molecule has 0 bridgehead atoms. The Morgan fingerprint density at radius 1 is 1.17 bits per heavy atom. The van der Waals surface area contributed by atoms with E-state index in [2.05, 4.69) is 17.4 Å². The lowest BCUT2D eigenvalue weighted by Crippen LogP contribution is -2.36. The lowest BCUT2D eigenvalue weighted by atomic mass is 10.1. The molecule has 1 fully saturated rings. The standard InChI is InChI=1S/C22H27ClN2O4S/c1-17(9-10-18-7-3-2-4-8-18)24-22(26)16-29-21-12-11-19(15-20(21)23)30(27,28)25-13-5-6-14-25/h2-4,7-8,11-12,15,17H,5-6,9-10,13-14,16H2,1H3,(H,24,26)/t17-/m0/s1. The number of aryl methyl sites for hydroxylation is 1. The number of ether oxygens (including phenoxy) is 1. The summed E-state index contributed by atoms with van der Waals surface area (Å²) in [5.41, 5.74) is 1.23. The third-order valence-corrected chi connectivity index (χ3v) is 7.27. The van der Waals surface area contributed by atoms with E-state index >= 15 is 0 Å². The van der Waals surface area contributed by atoms with Crippen molar-refractivity contribution in [2.75, 3.05) is 19.7 Å². The van der Waals surface area contributed by atoms with Gasteiger partial charge in [-0.1, -0.05) is 41.9 Å². The highest BCUT2D eigenvalue weighted by atomic mass is 35.5. The molecule has 1 aliphatic heterocycles. The first-order chi connectivity index (χ1) is 14.4. The van der Waals surface area contributed by atoms with Crippen molar-refractivity contribution < 1.29 is 17.9 Å². The molecule has 2 aromatic carbocycles. The van der Waals surface area contributed by atoms with Gasteiger partial charge in [0.05, 0.1) is 9.92 Å². The van der Waals surface area contributed by atoms with E-state index in [4.69, 9.17) is 16.3 Å². The Morgan fingerprint density at radius 3 is 2.53 bits per heavy atom. The second kappa shape index (κ2) is 10.3. The zero-order valence-corrected chi connectivity index (χ0v) is 18.6. The minimum absolute atomic E-state index is 0.00441. The van der Waals surface area contributed by atoms with Gasteiger partial charge in [-0.15, -0.1) is 0 Å². The number of halogens is 1. The molecule has 1 amide bonds. The van der Waals surface area contributed by atoms with Gasteiger partial charge in [0, 0.05) is 19.1 Å². The monoisotopic (exact) mass is 450 g/mol. The number of hydrogen-bond donors (Lipinski definition) is 1. The van der Waals surface area contributed by atoms with Crippen molar-refractivity contribution in [3.05, 3.63) is 59.1 Å². The van der Waals surface area contributed by atoms with Crippen molar-refractivity contribution in [2.24, 2.45) is 0 Å². The summed E-state index contributed by atoms with van der Waals surface area (Å²) in [6, 6.07) is 14.4. The number of nitrogens with zero attached hydrogens (tertiary/aromatic N) is 1. The topological polar surface area (TPSA) is 75.7 Å². The summed E-state index contributed by atoms with van der Waals surface area (Å²) in [7, 11) is -3.54. The van der Waals surface area contributed by atoms with Crippen LogP contribution < -0.4 is 10.1 Å². The molecule has 6 nitrogen and oxygen atoms in total. The van der Waals surface area contributed by atoms with Gasteiger partial charge in [-0.05, 0) is 56.4 Å². The minimum Gasteiger partial charge on any atom is -0.482 e. The van der Waals surface area contributed by atoms with Crippen LogP contribution in [0.3, 0.4) is 0 Å². The molecule has 1 atom stereocenters. The van der Waals surface area contributed by atoms with Crippen molar-refractivity contribution in [1.29, 1.82) is 0 Å². The maximum atomic E-state index is 12.6. The molecule has 1 saturated heterocycles. The Kier molecular flexibility index (Phi) is 7.75. The van der Waals surface area contributed by atoms with Gasteiger partial charge >= 0.3 is 0 Å². The van der Waals surface area contributed by atoms with Crippen molar-refractivity contribution in [3.8, 4) is 5.75 Å². The first kappa shape index (κ1) is 22.6. The molecule has 162 valence electrons. The number of sulfonamides is 1. The van der Waals surface area contributed by atoms with Crippen LogP contribution in [0, 0.1) is 0 Å². The van der Waals surface area contributed by atoms with Crippen LogP contribution in [0.5, 0.6) is 5.75 Å². The normalized spacial score (nSPS) is 15.7. The molecule has 3 rings (SSSR count). The van der Waals surface area contributed by atoms with E-state index in [-0.39, 0.29) is 34.2 Å². The Balaban J connectivity index is 1.49. The van der Waals surface area contributed by atoms with E-state index in [9.17, 15) is 13.2 Å². The summed E-state index contributed by atoms with van der Waals surface area (Å²) in [6.45, 7) is 2.82.